The van der Waals surface area contributed by atoms with Gasteiger partial charge in [0.1, 0.15) is 5.60 Å². The van der Waals surface area contributed by atoms with Crippen molar-refractivity contribution in [1.29, 1.82) is 0 Å². The first-order valence-corrected chi connectivity index (χ1v) is 6.36. The van der Waals surface area contributed by atoms with Gasteiger partial charge in [0.25, 0.3) is 0 Å². The van der Waals surface area contributed by atoms with Gasteiger partial charge in [0, 0.05) is 5.90 Å². The zero-order valence-electron chi connectivity index (χ0n) is 9.44. The second-order valence-electron chi connectivity index (χ2n) is 3.61. The number of unbranched alkanes of at least 4 members (excludes halogenated alkanes) is 1. The van der Waals surface area contributed by atoms with Crippen LogP contribution >= 0.6 is 0 Å². The molecule has 2 N–H and O–H groups in total. The fraction of sp³-hybridized carbons (Fsp3) is 0.875. The third-order valence-corrected chi connectivity index (χ3v) is 3.09. The predicted octanol–water partition coefficient (Wildman–Crippen LogP) is -0.492. The lowest BCUT2D eigenvalue weighted by Gasteiger charge is -2.31. The number of halogens is 3. The molecule has 0 rings (SSSR count). The molecule has 0 aromatic carbocycles. The molecule has 0 radical (unpaired) electrons. The van der Waals surface area contributed by atoms with E-state index in [-0.39, 0.29) is 12.8 Å². The van der Waals surface area contributed by atoms with Crippen molar-refractivity contribution in [2.24, 2.45) is 4.40 Å². The molecule has 0 fully saturated rings. The molecule has 10 heteroatoms. The van der Waals surface area contributed by atoms with Gasteiger partial charge in [-0.1, -0.05) is 19.8 Å². The van der Waals surface area contributed by atoms with Gasteiger partial charge in [0.2, 0.25) is 0 Å². The van der Waals surface area contributed by atoms with E-state index in [2.05, 4.69) is 0 Å². The summed E-state index contributed by atoms with van der Waals surface area (Å²) in [6.07, 6.45) is 0.321. The van der Waals surface area contributed by atoms with Crippen LogP contribution in [0.2, 0.25) is 0 Å². The smallest absolute Gasteiger partial charge is 0.518 e. The number of rotatable bonds is 6. The van der Waals surface area contributed by atoms with E-state index in [0.29, 0.717) is 6.42 Å². The summed E-state index contributed by atoms with van der Waals surface area (Å²) in [4.78, 5) is 0. The first-order chi connectivity index (χ1) is 8.00. The van der Waals surface area contributed by atoms with Crippen LogP contribution in [0.25, 0.3) is 0 Å². The molecule has 18 heavy (non-hydrogen) atoms. The Bertz CT molecular complexity index is 405. The molecular weight excluding hydrogens is 279 g/mol. The lowest BCUT2D eigenvalue weighted by molar-refractivity contribution is -0.241. The van der Waals surface area contributed by atoms with Gasteiger partial charge in [-0.15, -0.1) is 0 Å². The maximum absolute atomic E-state index is 12.0. The highest BCUT2D eigenvalue weighted by Gasteiger charge is 2.46. The van der Waals surface area contributed by atoms with Gasteiger partial charge < -0.3 is 15.3 Å². The zero-order valence-corrected chi connectivity index (χ0v) is 10.3. The number of aliphatic hydroxyl groups is 2. The number of nitrogens with zero attached hydrogens (tertiary/aromatic N) is 1. The molecule has 0 aromatic rings. The number of hydrogen-bond donors (Lipinski definition) is 2. The van der Waals surface area contributed by atoms with E-state index < -0.39 is 33.6 Å². The van der Waals surface area contributed by atoms with Gasteiger partial charge in [-0.3, -0.25) is 0 Å². The molecular formula is C8H13F3NO5S-. The minimum absolute atomic E-state index is 0.213. The molecule has 0 aromatic heterocycles. The monoisotopic (exact) mass is 292 g/mol. The van der Waals surface area contributed by atoms with E-state index >= 15 is 0 Å². The summed E-state index contributed by atoms with van der Waals surface area (Å²) in [5.74, 6) is -1.92. The summed E-state index contributed by atoms with van der Waals surface area (Å²) < 4.78 is 59.0. The second-order valence-corrected chi connectivity index (χ2v) is 5.21. The first-order valence-electron chi connectivity index (χ1n) is 4.92. The minimum atomic E-state index is -6.01. The Labute approximate surface area is 102 Å². The number of aliphatic hydroxyl groups excluding tert-OH is 1. The van der Waals surface area contributed by atoms with E-state index in [1.807, 2.05) is 4.40 Å². The Hall–Kier alpha value is -0.870. The van der Waals surface area contributed by atoms with E-state index in [1.165, 1.54) is 0 Å². The van der Waals surface area contributed by atoms with Gasteiger partial charge in [-0.25, -0.2) is 0 Å². The highest BCUT2D eigenvalue weighted by molar-refractivity contribution is 7.91. The van der Waals surface area contributed by atoms with Gasteiger partial charge in [0.05, 0.1) is 6.61 Å². The Kier molecular flexibility index (Phi) is 5.56. The van der Waals surface area contributed by atoms with Crippen LogP contribution in [0.1, 0.15) is 26.2 Å². The van der Waals surface area contributed by atoms with Crippen LogP contribution in [0, 0.1) is 0 Å². The summed E-state index contributed by atoms with van der Waals surface area (Å²) in [7, 11) is -6.01. The van der Waals surface area contributed by atoms with Crippen molar-refractivity contribution >= 4 is 15.9 Å². The maximum Gasteiger partial charge on any atom is 0.518 e. The van der Waals surface area contributed by atoms with Crippen LogP contribution < -0.4 is 5.11 Å². The summed E-state index contributed by atoms with van der Waals surface area (Å²) in [5, 5.41) is 29.5. The van der Waals surface area contributed by atoms with E-state index in [9.17, 15) is 31.8 Å². The topological polar surface area (TPSA) is 110 Å². The molecule has 6 nitrogen and oxygen atoms in total. The van der Waals surface area contributed by atoms with Crippen molar-refractivity contribution in [3.05, 3.63) is 0 Å². The van der Waals surface area contributed by atoms with Crippen LogP contribution in [0.3, 0.4) is 0 Å². The van der Waals surface area contributed by atoms with Crippen molar-refractivity contribution in [3.8, 4) is 0 Å². The van der Waals surface area contributed by atoms with Crippen LogP contribution in [-0.4, -0.2) is 42.2 Å². The fourth-order valence-corrected chi connectivity index (χ4v) is 1.46. The van der Waals surface area contributed by atoms with Crippen molar-refractivity contribution in [2.75, 3.05) is 6.61 Å². The molecule has 0 aliphatic rings. The molecule has 1 atom stereocenters. The molecule has 0 aliphatic carbocycles. The van der Waals surface area contributed by atoms with Crippen molar-refractivity contribution < 1.29 is 36.9 Å². The summed E-state index contributed by atoms with van der Waals surface area (Å²) >= 11 is 0. The molecule has 0 saturated heterocycles. The molecule has 1 unspecified atom stereocenters. The number of alkyl halides is 3. The molecule has 0 spiro atoms. The van der Waals surface area contributed by atoms with Crippen LogP contribution in [0.15, 0.2) is 4.40 Å². The van der Waals surface area contributed by atoms with Gasteiger partial charge in [-0.05, 0) is 6.42 Å². The Morgan fingerprint density at radius 1 is 1.39 bits per heavy atom. The summed E-state index contributed by atoms with van der Waals surface area (Å²) in [6, 6.07) is 0. The highest BCUT2D eigenvalue weighted by Crippen LogP contribution is 2.25. The van der Waals surface area contributed by atoms with E-state index in [1.54, 1.807) is 6.92 Å². The lowest BCUT2D eigenvalue weighted by atomic mass is 9.98. The first kappa shape index (κ1) is 17.1. The van der Waals surface area contributed by atoms with Crippen LogP contribution in [-0.2, 0) is 10.0 Å². The average molecular weight is 292 g/mol. The Morgan fingerprint density at radius 3 is 2.22 bits per heavy atom. The zero-order chi connectivity index (χ0) is 14.6. The standard InChI is InChI=1S/C8H14F3NO5S/c1-2-3-4-7(15,5-13)6(14)12-18(16,17)8(9,10)11/h13,15H,2-5H2,1H3,(H,12,14)/p-1. The van der Waals surface area contributed by atoms with Crippen molar-refractivity contribution in [2.45, 2.75) is 37.3 Å². The quantitative estimate of drug-likeness (QED) is 0.507. The molecule has 108 valence electrons. The largest absolute Gasteiger partial charge is 0.859 e. The average Bonchev–Trinajstić information content (AvgIpc) is 2.23. The lowest BCUT2D eigenvalue weighted by Crippen LogP contribution is -2.50. The van der Waals surface area contributed by atoms with Gasteiger partial charge >= 0.3 is 15.5 Å². The normalized spacial score (nSPS) is 17.6. The van der Waals surface area contributed by atoms with Gasteiger partial charge in [0.15, 0.2) is 0 Å². The van der Waals surface area contributed by atoms with Crippen molar-refractivity contribution in [3.63, 3.8) is 0 Å². The van der Waals surface area contributed by atoms with E-state index in [0.717, 1.165) is 0 Å². The third-order valence-electron chi connectivity index (χ3n) is 2.10. The van der Waals surface area contributed by atoms with Crippen LogP contribution in [0.4, 0.5) is 13.2 Å². The third kappa shape index (κ3) is 4.10. The Balaban J connectivity index is 5.29. The van der Waals surface area contributed by atoms with E-state index in [4.69, 9.17) is 5.11 Å². The molecule has 0 bridgehead atoms. The maximum atomic E-state index is 12.0. The SMILES string of the molecule is CCCCC(O)(CO)/C([O-])=N/S(=O)(=O)C(F)(F)F. The molecule has 0 heterocycles. The van der Waals surface area contributed by atoms with Crippen LogP contribution in [0.5, 0.6) is 0 Å². The summed E-state index contributed by atoms with van der Waals surface area (Å²) in [5.41, 5.74) is -8.32. The number of hydrogen-bond acceptors (Lipinski definition) is 5. The fourth-order valence-electron chi connectivity index (χ4n) is 0.969. The predicted molar refractivity (Wildman–Crippen MR) is 54.0 cm³/mol. The van der Waals surface area contributed by atoms with Crippen molar-refractivity contribution in [1.82, 2.24) is 0 Å². The minimum Gasteiger partial charge on any atom is -0.859 e. The molecule has 0 amide bonds. The number of sulfonamides is 1. The van der Waals surface area contributed by atoms with Gasteiger partial charge in [-0.2, -0.15) is 26.0 Å². The molecule has 0 aliphatic heterocycles. The summed E-state index contributed by atoms with van der Waals surface area (Å²) in [6.45, 7) is 0.467. The Morgan fingerprint density at radius 2 is 1.89 bits per heavy atom. The second kappa shape index (κ2) is 5.85. The molecule has 0 saturated carbocycles. The highest BCUT2D eigenvalue weighted by atomic mass is 32.2.